The highest BCUT2D eigenvalue weighted by atomic mass is 127. The van der Waals surface area contributed by atoms with E-state index in [4.69, 9.17) is 0 Å². The maximum atomic E-state index is 3.77. The lowest BCUT2D eigenvalue weighted by atomic mass is 10.0. The molecule has 4 aromatic carbocycles. The number of rotatable bonds is 12. The van der Waals surface area contributed by atoms with Crippen LogP contribution in [-0.2, 0) is 0 Å². The van der Waals surface area contributed by atoms with Crippen LogP contribution < -0.4 is 4.90 Å². The van der Waals surface area contributed by atoms with Gasteiger partial charge in [0.2, 0.25) is 0 Å². The summed E-state index contributed by atoms with van der Waals surface area (Å²) in [6, 6.07) is 44.5. The topological polar surface area (TPSA) is 6.48 Å². The van der Waals surface area contributed by atoms with Crippen molar-refractivity contribution in [3.8, 4) is 0 Å². The van der Waals surface area contributed by atoms with Gasteiger partial charge in [-0.1, -0.05) is 169 Å². The smallest absolute Gasteiger partial charge is 0.0461 e. The molecule has 0 aliphatic heterocycles. The summed E-state index contributed by atoms with van der Waals surface area (Å²) >= 11 is 2.49. The summed E-state index contributed by atoms with van der Waals surface area (Å²) in [6.07, 6.45) is 30.3. The number of allylic oxidation sites excluding steroid dienone is 9. The minimum Gasteiger partial charge on any atom is -0.328 e. The molecule has 0 N–H and O–H groups in total. The Morgan fingerprint density at radius 1 is 0.620 bits per heavy atom. The van der Waals surface area contributed by atoms with Crippen molar-refractivity contribution < 1.29 is 0 Å². The molecule has 0 saturated heterocycles. The Morgan fingerprint density at radius 2 is 1.22 bits per heavy atom. The first-order valence-corrected chi connectivity index (χ1v) is 18.1. The van der Waals surface area contributed by atoms with Crippen LogP contribution >= 0.6 is 22.6 Å². The van der Waals surface area contributed by atoms with Crippen molar-refractivity contribution in [2.24, 2.45) is 0 Å². The molecule has 5 rings (SSSR count). The Labute approximate surface area is 312 Å². The summed E-state index contributed by atoms with van der Waals surface area (Å²) in [7, 11) is 0. The highest BCUT2D eigenvalue weighted by Gasteiger charge is 2.12. The first-order chi connectivity index (χ1) is 24.6. The van der Waals surface area contributed by atoms with Gasteiger partial charge in [0.25, 0.3) is 0 Å². The maximum absolute atomic E-state index is 3.77. The third-order valence-electron chi connectivity index (χ3n) is 7.91. The minimum absolute atomic E-state index is 0.479. The first-order valence-electron chi connectivity index (χ1n) is 16.9. The van der Waals surface area contributed by atoms with Crippen molar-refractivity contribution in [3.05, 3.63) is 223 Å². The van der Waals surface area contributed by atoms with Gasteiger partial charge in [-0.15, -0.1) is 0 Å². The van der Waals surface area contributed by atoms with E-state index in [-0.39, 0.29) is 0 Å². The van der Waals surface area contributed by atoms with E-state index in [1.165, 1.54) is 11.3 Å². The molecular weight excluding hydrogens is 719 g/mol. The Kier molecular flexibility index (Phi) is 14.1. The molecule has 0 saturated carbocycles. The number of hydrogen-bond donors (Lipinski definition) is 0. The van der Waals surface area contributed by atoms with Crippen LogP contribution in [0.25, 0.3) is 24.3 Å². The molecule has 1 aliphatic rings. The molecule has 1 unspecified atom stereocenters. The zero-order valence-corrected chi connectivity index (χ0v) is 30.6. The maximum Gasteiger partial charge on any atom is 0.0461 e. The minimum atomic E-state index is 0.479. The normalized spacial score (nSPS) is 14.4. The highest BCUT2D eigenvalue weighted by molar-refractivity contribution is 14.1. The number of para-hydroxylation sites is 2. The van der Waals surface area contributed by atoms with Gasteiger partial charge in [-0.05, 0) is 89.9 Å². The monoisotopic (exact) mass is 762 g/mol. The van der Waals surface area contributed by atoms with Crippen LogP contribution in [-0.4, -0.2) is 8.82 Å². The average Bonchev–Trinajstić information content (AvgIpc) is 3.15. The third-order valence-corrected chi connectivity index (χ3v) is 8.77. The predicted octanol–water partition coefficient (Wildman–Crippen LogP) is 13.7. The van der Waals surface area contributed by atoms with Gasteiger partial charge in [0.15, 0.2) is 0 Å². The van der Waals surface area contributed by atoms with Crippen molar-refractivity contribution in [1.82, 2.24) is 4.90 Å². The Hall–Kier alpha value is -5.39. The number of anilines is 3. The number of halogens is 1. The van der Waals surface area contributed by atoms with E-state index < -0.39 is 0 Å². The van der Waals surface area contributed by atoms with E-state index >= 15 is 0 Å². The van der Waals surface area contributed by atoms with E-state index in [0.717, 1.165) is 40.2 Å². The van der Waals surface area contributed by atoms with Gasteiger partial charge in [-0.2, -0.15) is 0 Å². The first kappa shape index (κ1) is 35.9. The summed E-state index contributed by atoms with van der Waals surface area (Å²) in [5.41, 5.74) is 9.14. The molecule has 248 valence electrons. The van der Waals surface area contributed by atoms with Crippen LogP contribution in [0.3, 0.4) is 0 Å². The summed E-state index contributed by atoms with van der Waals surface area (Å²) in [6.45, 7) is 5.83. The van der Waals surface area contributed by atoms with Gasteiger partial charge in [-0.3, -0.25) is 0 Å². The Bertz CT molecular complexity index is 1910. The van der Waals surface area contributed by atoms with Gasteiger partial charge in [0.1, 0.15) is 0 Å². The molecule has 50 heavy (non-hydrogen) atoms. The van der Waals surface area contributed by atoms with Crippen molar-refractivity contribution in [3.63, 3.8) is 0 Å². The SMILES string of the molecule is C=C/C=C\C=C\N(/C=C/c1ccc(/C=C/c2ccccc(N(c3ccccc3)c3ccccc3)cccc2)cc1/C=C\C)C1=CC=CC(I)C1. The van der Waals surface area contributed by atoms with Crippen LogP contribution in [0.5, 0.6) is 0 Å². The number of benzene rings is 3. The molecule has 2 nitrogen and oxygen atoms in total. The highest BCUT2D eigenvalue weighted by Crippen LogP contribution is 2.33. The fourth-order valence-corrected chi connectivity index (χ4v) is 6.17. The molecule has 4 aromatic rings. The molecule has 3 heteroatoms. The molecule has 0 heterocycles. The van der Waals surface area contributed by atoms with E-state index in [1.807, 2.05) is 30.4 Å². The molecule has 0 radical (unpaired) electrons. The number of alkyl halides is 1. The van der Waals surface area contributed by atoms with Gasteiger partial charge >= 0.3 is 0 Å². The van der Waals surface area contributed by atoms with E-state index in [2.05, 4.69) is 222 Å². The summed E-state index contributed by atoms with van der Waals surface area (Å²) in [5, 5.41) is 0. The molecule has 0 fully saturated rings. The lowest BCUT2D eigenvalue weighted by Crippen LogP contribution is -2.14. The summed E-state index contributed by atoms with van der Waals surface area (Å²) in [4.78, 5) is 4.47. The zero-order chi connectivity index (χ0) is 34.8. The van der Waals surface area contributed by atoms with Crippen LogP contribution in [0.1, 0.15) is 35.6 Å². The fourth-order valence-electron chi connectivity index (χ4n) is 5.48. The second-order valence-electron chi connectivity index (χ2n) is 11.5. The number of hydrogen-bond acceptors (Lipinski definition) is 2. The Balaban J connectivity index is 1.37. The zero-order valence-electron chi connectivity index (χ0n) is 28.5. The molecule has 0 aromatic heterocycles. The van der Waals surface area contributed by atoms with Gasteiger partial charge < -0.3 is 9.80 Å². The van der Waals surface area contributed by atoms with Gasteiger partial charge in [-0.25, -0.2) is 0 Å². The van der Waals surface area contributed by atoms with Crippen molar-refractivity contribution in [2.75, 3.05) is 4.90 Å². The molecule has 0 amide bonds. The summed E-state index contributed by atoms with van der Waals surface area (Å²) < 4.78 is 0.479. The van der Waals surface area contributed by atoms with Gasteiger partial charge in [0.05, 0.1) is 0 Å². The van der Waals surface area contributed by atoms with E-state index in [9.17, 15) is 0 Å². The number of nitrogens with zero attached hydrogens (tertiary/aromatic N) is 2. The lowest BCUT2D eigenvalue weighted by Gasteiger charge is -2.24. The molecule has 1 aliphatic carbocycles. The standard InChI is InChI=1S/C47H43IN2/c1-3-5-6-17-35-49(47-29-18-22-43(48)38-47)36-34-41-33-32-40(37-42(41)19-4-2)31-30-39-20-13-15-27-46(28-16-14-21-39)50(44-23-9-7-10-24-44)45-25-11-8-12-26-45/h3-37,43H,1,38H2,2H3/b6-5-,15-13?,16-14?,19-4-,20-13?,21-14?,27-15?,28-16?,31-30+,35-17+,36-34+,39-20?,39-21?,46-27?,46-28?. The molecule has 0 spiro atoms. The Morgan fingerprint density at radius 3 is 1.82 bits per heavy atom. The molecular formula is C47H43IN2. The van der Waals surface area contributed by atoms with Crippen LogP contribution in [0.15, 0.2) is 201 Å². The fraction of sp³-hybridized carbons (Fsp3) is 0.0638. The van der Waals surface area contributed by atoms with E-state index in [0.29, 0.717) is 3.92 Å². The van der Waals surface area contributed by atoms with Crippen molar-refractivity contribution in [1.29, 1.82) is 0 Å². The third kappa shape index (κ3) is 10.8. The second kappa shape index (κ2) is 19.6. The van der Waals surface area contributed by atoms with Crippen LogP contribution in [0.4, 0.5) is 17.1 Å². The lowest BCUT2D eigenvalue weighted by molar-refractivity contribution is 0.596. The second-order valence-corrected chi connectivity index (χ2v) is 13.1. The van der Waals surface area contributed by atoms with Crippen molar-refractivity contribution in [2.45, 2.75) is 17.3 Å². The quantitative estimate of drug-likeness (QED) is 0.0806. The summed E-state index contributed by atoms with van der Waals surface area (Å²) in [5.74, 6) is 0. The largest absolute Gasteiger partial charge is 0.328 e. The molecule has 1 atom stereocenters. The van der Waals surface area contributed by atoms with Crippen molar-refractivity contribution >= 4 is 64.0 Å². The van der Waals surface area contributed by atoms with E-state index in [1.54, 1.807) is 6.08 Å². The van der Waals surface area contributed by atoms with Crippen LogP contribution in [0.2, 0.25) is 0 Å². The predicted molar refractivity (Wildman–Crippen MR) is 228 cm³/mol. The van der Waals surface area contributed by atoms with Crippen LogP contribution in [0, 0.1) is 0 Å². The van der Waals surface area contributed by atoms with Gasteiger partial charge in [0, 0.05) is 45.5 Å². The molecule has 0 bridgehead atoms. The average molecular weight is 763 g/mol.